The maximum absolute atomic E-state index is 12.3. The molecule has 0 unspecified atom stereocenters. The molecule has 2 aromatic carbocycles. The van der Waals surface area contributed by atoms with Crippen LogP contribution in [-0.4, -0.2) is 30.9 Å². The molecular weight excluding hydrogens is 334 g/mol. The number of ketones is 1. The summed E-state index contributed by atoms with van der Waals surface area (Å²) < 4.78 is 10.4. The number of aryl methyl sites for hydroxylation is 2. The standard InChI is InChI=1S/C20H17NO5/c22-17(14-6-7-18-16(9-14)21-19(23)11-25-18)10-26-20(24)15-5-4-12-2-1-3-13(12)8-15/h4-9H,1-3,10-11H2,(H,21,23). The maximum atomic E-state index is 12.3. The fourth-order valence-corrected chi connectivity index (χ4v) is 3.25. The molecule has 1 N–H and O–H groups in total. The Morgan fingerprint density at radius 2 is 1.85 bits per heavy atom. The first-order chi connectivity index (χ1) is 12.6. The number of amides is 1. The predicted octanol–water partition coefficient (Wildman–Crippen LogP) is 2.55. The predicted molar refractivity (Wildman–Crippen MR) is 93.6 cm³/mol. The van der Waals surface area contributed by atoms with Gasteiger partial charge in [-0.05, 0) is 60.7 Å². The third-order valence-corrected chi connectivity index (χ3v) is 4.60. The quantitative estimate of drug-likeness (QED) is 0.676. The highest BCUT2D eigenvalue weighted by Crippen LogP contribution is 2.28. The molecule has 0 saturated carbocycles. The third-order valence-electron chi connectivity index (χ3n) is 4.60. The molecule has 26 heavy (non-hydrogen) atoms. The van der Waals surface area contributed by atoms with Crippen LogP contribution in [0, 0.1) is 0 Å². The summed E-state index contributed by atoms with van der Waals surface area (Å²) in [6.45, 7) is -0.401. The molecule has 0 saturated heterocycles. The number of carbonyl (C=O) groups is 3. The molecule has 0 spiro atoms. The van der Waals surface area contributed by atoms with Crippen molar-refractivity contribution in [3.8, 4) is 5.75 Å². The minimum atomic E-state index is -0.511. The number of fused-ring (bicyclic) bond motifs is 2. The zero-order valence-electron chi connectivity index (χ0n) is 14.0. The number of esters is 1. The molecule has 0 radical (unpaired) electrons. The molecule has 6 nitrogen and oxygen atoms in total. The Hall–Kier alpha value is -3.15. The average Bonchev–Trinajstić information content (AvgIpc) is 3.13. The van der Waals surface area contributed by atoms with E-state index in [2.05, 4.69) is 5.32 Å². The highest BCUT2D eigenvalue weighted by molar-refractivity contribution is 6.02. The maximum Gasteiger partial charge on any atom is 0.338 e. The minimum Gasteiger partial charge on any atom is -0.482 e. The highest BCUT2D eigenvalue weighted by Gasteiger charge is 2.19. The number of benzene rings is 2. The summed E-state index contributed by atoms with van der Waals surface area (Å²) >= 11 is 0. The first-order valence-corrected chi connectivity index (χ1v) is 8.49. The number of hydrogen-bond acceptors (Lipinski definition) is 5. The van der Waals surface area contributed by atoms with E-state index in [1.165, 1.54) is 17.2 Å². The van der Waals surface area contributed by atoms with E-state index in [4.69, 9.17) is 9.47 Å². The molecule has 4 rings (SSSR count). The Morgan fingerprint density at radius 1 is 1.04 bits per heavy atom. The van der Waals surface area contributed by atoms with Crippen LogP contribution in [0.15, 0.2) is 36.4 Å². The summed E-state index contributed by atoms with van der Waals surface area (Å²) in [7, 11) is 0. The van der Waals surface area contributed by atoms with Gasteiger partial charge in [-0.1, -0.05) is 6.07 Å². The topological polar surface area (TPSA) is 81.7 Å². The van der Waals surface area contributed by atoms with Crippen LogP contribution in [0.2, 0.25) is 0 Å². The second-order valence-electron chi connectivity index (χ2n) is 6.38. The van der Waals surface area contributed by atoms with Crippen LogP contribution in [0.4, 0.5) is 5.69 Å². The number of hydrogen-bond donors (Lipinski definition) is 1. The Morgan fingerprint density at radius 3 is 2.73 bits per heavy atom. The monoisotopic (exact) mass is 351 g/mol. The molecule has 2 aromatic rings. The number of carbonyl (C=O) groups excluding carboxylic acids is 3. The second kappa shape index (κ2) is 6.63. The molecule has 1 heterocycles. The lowest BCUT2D eigenvalue weighted by Gasteiger charge is -2.18. The summed E-state index contributed by atoms with van der Waals surface area (Å²) in [4.78, 5) is 35.9. The van der Waals surface area contributed by atoms with Crippen molar-refractivity contribution in [3.63, 3.8) is 0 Å². The smallest absolute Gasteiger partial charge is 0.338 e. The zero-order valence-corrected chi connectivity index (χ0v) is 14.0. The minimum absolute atomic E-state index is 0.0430. The van der Waals surface area contributed by atoms with Crippen LogP contribution >= 0.6 is 0 Å². The Kier molecular flexibility index (Phi) is 4.16. The Balaban J connectivity index is 1.41. The third kappa shape index (κ3) is 3.18. The van der Waals surface area contributed by atoms with Crippen LogP contribution in [0.3, 0.4) is 0 Å². The van der Waals surface area contributed by atoms with Gasteiger partial charge in [-0.15, -0.1) is 0 Å². The normalized spacial score (nSPS) is 14.7. The molecule has 1 amide bonds. The Labute approximate surface area is 150 Å². The molecule has 0 bridgehead atoms. The summed E-state index contributed by atoms with van der Waals surface area (Å²) in [6.07, 6.45) is 3.12. The van der Waals surface area contributed by atoms with Gasteiger partial charge in [-0.3, -0.25) is 9.59 Å². The van der Waals surface area contributed by atoms with Crippen LogP contribution in [0.25, 0.3) is 0 Å². The molecule has 0 fully saturated rings. The van der Waals surface area contributed by atoms with Gasteiger partial charge in [-0.25, -0.2) is 4.79 Å². The zero-order chi connectivity index (χ0) is 18.1. The van der Waals surface area contributed by atoms with Gasteiger partial charge in [0.1, 0.15) is 5.75 Å². The summed E-state index contributed by atoms with van der Waals surface area (Å²) in [6, 6.07) is 10.3. The number of Topliss-reactive ketones (excluding diaryl/α,β-unsaturated/α-hetero) is 1. The van der Waals surface area contributed by atoms with E-state index >= 15 is 0 Å². The van der Waals surface area contributed by atoms with Crippen LogP contribution in [0.1, 0.15) is 38.3 Å². The number of anilines is 1. The van der Waals surface area contributed by atoms with E-state index in [1.807, 2.05) is 12.1 Å². The number of ether oxygens (including phenoxy) is 2. The van der Waals surface area contributed by atoms with Crippen molar-refractivity contribution in [1.82, 2.24) is 0 Å². The van der Waals surface area contributed by atoms with Crippen LogP contribution in [0.5, 0.6) is 5.75 Å². The van der Waals surface area contributed by atoms with Crippen molar-refractivity contribution >= 4 is 23.3 Å². The van der Waals surface area contributed by atoms with E-state index in [0.717, 1.165) is 19.3 Å². The fraction of sp³-hybridized carbons (Fsp3) is 0.250. The molecule has 0 aromatic heterocycles. The average molecular weight is 351 g/mol. The van der Waals surface area contributed by atoms with Gasteiger partial charge in [0, 0.05) is 5.56 Å². The van der Waals surface area contributed by atoms with E-state index in [0.29, 0.717) is 22.6 Å². The lowest BCUT2D eigenvalue weighted by molar-refractivity contribution is -0.118. The van der Waals surface area contributed by atoms with Gasteiger partial charge in [0.25, 0.3) is 5.91 Å². The van der Waals surface area contributed by atoms with Gasteiger partial charge < -0.3 is 14.8 Å². The summed E-state index contributed by atoms with van der Waals surface area (Å²) in [5.41, 5.74) is 3.70. The summed E-state index contributed by atoms with van der Waals surface area (Å²) in [5.74, 6) is -0.619. The van der Waals surface area contributed by atoms with Crippen molar-refractivity contribution in [3.05, 3.63) is 58.7 Å². The van der Waals surface area contributed by atoms with Gasteiger partial charge in [0.2, 0.25) is 0 Å². The van der Waals surface area contributed by atoms with Crippen molar-refractivity contribution in [2.24, 2.45) is 0 Å². The van der Waals surface area contributed by atoms with E-state index in [1.54, 1.807) is 18.2 Å². The highest BCUT2D eigenvalue weighted by atomic mass is 16.5. The van der Waals surface area contributed by atoms with E-state index < -0.39 is 5.97 Å². The van der Waals surface area contributed by atoms with Crippen LogP contribution in [-0.2, 0) is 22.4 Å². The van der Waals surface area contributed by atoms with Gasteiger partial charge in [0.05, 0.1) is 11.3 Å². The van der Waals surface area contributed by atoms with Crippen molar-refractivity contribution in [2.45, 2.75) is 19.3 Å². The van der Waals surface area contributed by atoms with E-state index in [-0.39, 0.29) is 24.9 Å². The van der Waals surface area contributed by atoms with Gasteiger partial charge in [0.15, 0.2) is 19.0 Å². The van der Waals surface area contributed by atoms with E-state index in [9.17, 15) is 14.4 Å². The number of nitrogens with one attached hydrogen (secondary N) is 1. The molecule has 6 heteroatoms. The molecular formula is C20H17NO5. The first kappa shape index (κ1) is 16.3. The fourth-order valence-electron chi connectivity index (χ4n) is 3.25. The molecule has 0 atom stereocenters. The molecule has 1 aliphatic carbocycles. The number of rotatable bonds is 4. The van der Waals surface area contributed by atoms with Crippen molar-refractivity contribution < 1.29 is 23.9 Å². The van der Waals surface area contributed by atoms with Crippen LogP contribution < -0.4 is 10.1 Å². The first-order valence-electron chi connectivity index (χ1n) is 8.49. The largest absolute Gasteiger partial charge is 0.482 e. The van der Waals surface area contributed by atoms with Gasteiger partial charge >= 0.3 is 5.97 Å². The van der Waals surface area contributed by atoms with Gasteiger partial charge in [-0.2, -0.15) is 0 Å². The molecule has 132 valence electrons. The molecule has 2 aliphatic rings. The lowest BCUT2D eigenvalue weighted by Crippen LogP contribution is -2.25. The van der Waals surface area contributed by atoms with Crippen molar-refractivity contribution in [1.29, 1.82) is 0 Å². The molecule has 1 aliphatic heterocycles. The second-order valence-corrected chi connectivity index (χ2v) is 6.38. The Bertz CT molecular complexity index is 918. The SMILES string of the molecule is O=C1COc2ccc(C(=O)COC(=O)c3ccc4c(c3)CCC4)cc2N1. The van der Waals surface area contributed by atoms with Crippen molar-refractivity contribution in [2.75, 3.05) is 18.5 Å². The lowest BCUT2D eigenvalue weighted by atomic mass is 10.1. The summed E-state index contributed by atoms with van der Waals surface area (Å²) in [5, 5.41) is 2.65.